The second kappa shape index (κ2) is 6.01. The summed E-state index contributed by atoms with van der Waals surface area (Å²) in [4.78, 5) is 7.32. The molecule has 0 unspecified atom stereocenters. The highest BCUT2D eigenvalue weighted by molar-refractivity contribution is 5.94. The number of nitrogens with two attached hydrogens (primary N) is 1. The average Bonchev–Trinajstić information content (AvgIpc) is 2.62. The molecule has 1 aromatic heterocycles. The SMILES string of the molecule is NC1CCN(c2cc(-c3ccccc3)nc3ccccc23)CC1. The summed E-state index contributed by atoms with van der Waals surface area (Å²) in [5.41, 5.74) is 10.6. The zero-order chi connectivity index (χ0) is 15.6. The van der Waals surface area contributed by atoms with Crippen molar-refractivity contribution >= 4 is 16.6 Å². The standard InChI is InChI=1S/C20H21N3/c21-16-10-12-23(13-11-16)20-14-19(15-6-2-1-3-7-15)22-18-9-5-4-8-17(18)20/h1-9,14,16H,10-13,21H2. The second-order valence-corrected chi connectivity index (χ2v) is 6.23. The molecule has 23 heavy (non-hydrogen) atoms. The molecule has 1 aliphatic heterocycles. The van der Waals surface area contributed by atoms with E-state index in [1.54, 1.807) is 0 Å². The van der Waals surface area contributed by atoms with Gasteiger partial charge in [0.2, 0.25) is 0 Å². The van der Waals surface area contributed by atoms with E-state index in [9.17, 15) is 0 Å². The van der Waals surface area contributed by atoms with Crippen LogP contribution in [0.2, 0.25) is 0 Å². The highest BCUT2D eigenvalue weighted by Gasteiger charge is 2.19. The molecule has 116 valence electrons. The number of pyridine rings is 1. The van der Waals surface area contributed by atoms with Gasteiger partial charge in [0.1, 0.15) is 0 Å². The van der Waals surface area contributed by atoms with Crippen LogP contribution in [-0.2, 0) is 0 Å². The first-order chi connectivity index (χ1) is 11.3. The third-order valence-electron chi connectivity index (χ3n) is 4.64. The van der Waals surface area contributed by atoms with Crippen molar-refractivity contribution in [2.45, 2.75) is 18.9 Å². The lowest BCUT2D eigenvalue weighted by atomic mass is 10.0. The van der Waals surface area contributed by atoms with Crippen molar-refractivity contribution in [3.63, 3.8) is 0 Å². The van der Waals surface area contributed by atoms with Crippen LogP contribution >= 0.6 is 0 Å². The Balaban J connectivity index is 1.84. The Labute approximate surface area is 136 Å². The average molecular weight is 303 g/mol. The number of benzene rings is 2. The van der Waals surface area contributed by atoms with Crippen LogP contribution in [0.4, 0.5) is 5.69 Å². The third-order valence-corrected chi connectivity index (χ3v) is 4.64. The highest BCUT2D eigenvalue weighted by atomic mass is 15.1. The molecule has 0 radical (unpaired) electrons. The smallest absolute Gasteiger partial charge is 0.0730 e. The summed E-state index contributed by atoms with van der Waals surface area (Å²) in [5.74, 6) is 0. The van der Waals surface area contributed by atoms with Crippen LogP contribution < -0.4 is 10.6 Å². The maximum absolute atomic E-state index is 6.07. The van der Waals surface area contributed by atoms with Gasteiger partial charge in [0.05, 0.1) is 11.2 Å². The number of fused-ring (bicyclic) bond motifs is 1. The van der Waals surface area contributed by atoms with E-state index in [0.717, 1.165) is 42.7 Å². The fraction of sp³-hybridized carbons (Fsp3) is 0.250. The van der Waals surface area contributed by atoms with Gasteiger partial charge in [-0.2, -0.15) is 0 Å². The second-order valence-electron chi connectivity index (χ2n) is 6.23. The number of rotatable bonds is 2. The molecule has 0 spiro atoms. The molecule has 4 rings (SSSR count). The Kier molecular flexibility index (Phi) is 3.72. The lowest BCUT2D eigenvalue weighted by Crippen LogP contribution is -2.39. The molecule has 0 bridgehead atoms. The molecule has 3 heteroatoms. The van der Waals surface area contributed by atoms with E-state index < -0.39 is 0 Å². The number of aromatic nitrogens is 1. The number of hydrogen-bond acceptors (Lipinski definition) is 3. The zero-order valence-corrected chi connectivity index (χ0v) is 13.2. The molecule has 1 aliphatic rings. The lowest BCUT2D eigenvalue weighted by Gasteiger charge is -2.33. The van der Waals surface area contributed by atoms with E-state index in [0.29, 0.717) is 6.04 Å². The van der Waals surface area contributed by atoms with E-state index in [1.165, 1.54) is 11.1 Å². The maximum atomic E-state index is 6.07. The van der Waals surface area contributed by atoms with E-state index in [2.05, 4.69) is 59.5 Å². The summed E-state index contributed by atoms with van der Waals surface area (Å²) in [5, 5.41) is 1.22. The van der Waals surface area contributed by atoms with Gasteiger partial charge in [0, 0.05) is 35.8 Å². The fourth-order valence-electron chi connectivity index (χ4n) is 3.32. The van der Waals surface area contributed by atoms with Gasteiger partial charge in [0.15, 0.2) is 0 Å². The first kappa shape index (κ1) is 14.2. The van der Waals surface area contributed by atoms with Crippen LogP contribution in [0.5, 0.6) is 0 Å². The van der Waals surface area contributed by atoms with Gasteiger partial charge in [-0.25, -0.2) is 4.98 Å². The van der Waals surface area contributed by atoms with Crippen LogP contribution in [0, 0.1) is 0 Å². The van der Waals surface area contributed by atoms with Crippen molar-refractivity contribution in [1.82, 2.24) is 4.98 Å². The summed E-state index contributed by atoms with van der Waals surface area (Å²) in [7, 11) is 0. The Morgan fingerprint density at radius 2 is 1.61 bits per heavy atom. The van der Waals surface area contributed by atoms with Crippen molar-refractivity contribution in [1.29, 1.82) is 0 Å². The molecular weight excluding hydrogens is 282 g/mol. The largest absolute Gasteiger partial charge is 0.371 e. The molecule has 0 saturated carbocycles. The molecule has 1 saturated heterocycles. The predicted octanol–water partition coefficient (Wildman–Crippen LogP) is 3.83. The molecule has 0 atom stereocenters. The summed E-state index contributed by atoms with van der Waals surface area (Å²) in [6.07, 6.45) is 2.11. The van der Waals surface area contributed by atoms with E-state index in [4.69, 9.17) is 10.7 Å². The Bertz CT molecular complexity index is 805. The fourth-order valence-corrected chi connectivity index (χ4v) is 3.32. The van der Waals surface area contributed by atoms with Crippen molar-refractivity contribution in [3.8, 4) is 11.3 Å². The number of anilines is 1. The summed E-state index contributed by atoms with van der Waals surface area (Å²) < 4.78 is 0. The summed E-state index contributed by atoms with van der Waals surface area (Å²) >= 11 is 0. The van der Waals surface area contributed by atoms with Gasteiger partial charge in [-0.3, -0.25) is 0 Å². The number of nitrogens with zero attached hydrogens (tertiary/aromatic N) is 2. The highest BCUT2D eigenvalue weighted by Crippen LogP contribution is 2.32. The minimum absolute atomic E-state index is 0.341. The first-order valence-corrected chi connectivity index (χ1v) is 8.27. The Morgan fingerprint density at radius 3 is 2.39 bits per heavy atom. The molecule has 3 nitrogen and oxygen atoms in total. The lowest BCUT2D eigenvalue weighted by molar-refractivity contribution is 0.502. The van der Waals surface area contributed by atoms with Crippen LogP contribution in [0.3, 0.4) is 0 Å². The summed E-state index contributed by atoms with van der Waals surface area (Å²) in [6, 6.07) is 21.4. The Hall–Kier alpha value is -2.39. The van der Waals surface area contributed by atoms with Gasteiger partial charge in [-0.1, -0.05) is 48.5 Å². The van der Waals surface area contributed by atoms with Gasteiger partial charge in [-0.15, -0.1) is 0 Å². The maximum Gasteiger partial charge on any atom is 0.0730 e. The van der Waals surface area contributed by atoms with Gasteiger partial charge < -0.3 is 10.6 Å². The molecule has 2 aromatic carbocycles. The van der Waals surface area contributed by atoms with E-state index in [1.807, 2.05) is 6.07 Å². The summed E-state index contributed by atoms with van der Waals surface area (Å²) in [6.45, 7) is 2.03. The molecule has 0 aliphatic carbocycles. The molecule has 0 amide bonds. The van der Waals surface area contributed by atoms with E-state index in [-0.39, 0.29) is 0 Å². The van der Waals surface area contributed by atoms with Crippen molar-refractivity contribution in [3.05, 3.63) is 60.7 Å². The van der Waals surface area contributed by atoms with Crippen LogP contribution in [0.1, 0.15) is 12.8 Å². The molecular formula is C20H21N3. The van der Waals surface area contributed by atoms with Crippen LogP contribution in [-0.4, -0.2) is 24.1 Å². The van der Waals surface area contributed by atoms with Gasteiger partial charge in [0.25, 0.3) is 0 Å². The minimum Gasteiger partial charge on any atom is -0.371 e. The van der Waals surface area contributed by atoms with Crippen LogP contribution in [0.25, 0.3) is 22.2 Å². The monoisotopic (exact) mass is 303 g/mol. The predicted molar refractivity (Wildman–Crippen MR) is 96.6 cm³/mol. The number of hydrogen-bond donors (Lipinski definition) is 1. The number of para-hydroxylation sites is 1. The van der Waals surface area contributed by atoms with E-state index >= 15 is 0 Å². The first-order valence-electron chi connectivity index (χ1n) is 8.27. The van der Waals surface area contributed by atoms with Crippen molar-refractivity contribution in [2.75, 3.05) is 18.0 Å². The third kappa shape index (κ3) is 2.80. The van der Waals surface area contributed by atoms with Crippen LogP contribution in [0.15, 0.2) is 60.7 Å². The topological polar surface area (TPSA) is 42.1 Å². The van der Waals surface area contributed by atoms with Crippen molar-refractivity contribution in [2.24, 2.45) is 5.73 Å². The quantitative estimate of drug-likeness (QED) is 0.782. The van der Waals surface area contributed by atoms with Crippen molar-refractivity contribution < 1.29 is 0 Å². The molecule has 3 aromatic rings. The Morgan fingerprint density at radius 1 is 0.913 bits per heavy atom. The normalized spacial score (nSPS) is 16.0. The minimum atomic E-state index is 0.341. The number of piperidine rings is 1. The molecule has 1 fully saturated rings. The zero-order valence-electron chi connectivity index (χ0n) is 13.2. The molecule has 2 heterocycles. The van der Waals surface area contributed by atoms with Gasteiger partial charge >= 0.3 is 0 Å². The molecule has 2 N–H and O–H groups in total. The van der Waals surface area contributed by atoms with Gasteiger partial charge in [-0.05, 0) is 25.0 Å².